The zero-order valence-electron chi connectivity index (χ0n) is 15.7. The van der Waals surface area contributed by atoms with E-state index in [0.29, 0.717) is 0 Å². The minimum Gasteiger partial charge on any atom is -0.282 e. The number of rotatable bonds is 4. The number of anilines is 1. The van der Waals surface area contributed by atoms with Gasteiger partial charge in [-0.25, -0.2) is 0 Å². The van der Waals surface area contributed by atoms with Crippen LogP contribution in [0.15, 0.2) is 102 Å². The molecule has 0 bridgehead atoms. The number of hydrogen-bond acceptors (Lipinski definition) is 1. The third-order valence-corrected chi connectivity index (χ3v) is 5.47. The highest BCUT2D eigenvalue weighted by Gasteiger charge is 2.60. The lowest BCUT2D eigenvalue weighted by molar-refractivity contribution is -0.125. The number of nitrogens with zero attached hydrogens (tertiary/aromatic N) is 1. The Labute approximate surface area is 160 Å². The van der Waals surface area contributed by atoms with Crippen LogP contribution in [0, 0.1) is 0 Å². The van der Waals surface area contributed by atoms with E-state index >= 15 is 0 Å². The van der Waals surface area contributed by atoms with Crippen LogP contribution in [0.2, 0.25) is 0 Å². The Morgan fingerprint density at radius 2 is 1.22 bits per heavy atom. The van der Waals surface area contributed by atoms with Crippen molar-refractivity contribution in [1.29, 1.82) is 0 Å². The van der Waals surface area contributed by atoms with Gasteiger partial charge in [-0.15, -0.1) is 0 Å². The molecule has 0 spiro atoms. The molecule has 0 radical (unpaired) electrons. The Morgan fingerprint density at radius 1 is 0.778 bits per heavy atom. The first kappa shape index (κ1) is 17.3. The van der Waals surface area contributed by atoms with E-state index in [9.17, 15) is 4.79 Å². The predicted molar refractivity (Wildman–Crippen MR) is 111 cm³/mol. The molecule has 0 N–H and O–H groups in total. The molecule has 1 heterocycles. The Hall–Kier alpha value is -3.13. The van der Waals surface area contributed by atoms with Crippen LogP contribution in [0.5, 0.6) is 0 Å². The highest BCUT2D eigenvalue weighted by atomic mass is 16.2. The van der Waals surface area contributed by atoms with E-state index in [1.165, 1.54) is 5.57 Å². The van der Waals surface area contributed by atoms with Crippen molar-refractivity contribution in [2.45, 2.75) is 25.7 Å². The number of para-hydroxylation sites is 1. The number of benzene rings is 3. The summed E-state index contributed by atoms with van der Waals surface area (Å²) in [6, 6.07) is 30.2. The van der Waals surface area contributed by atoms with Gasteiger partial charge in [0.25, 0.3) is 5.91 Å². The van der Waals surface area contributed by atoms with Crippen molar-refractivity contribution in [1.82, 2.24) is 0 Å². The van der Waals surface area contributed by atoms with E-state index in [4.69, 9.17) is 0 Å². The van der Waals surface area contributed by atoms with Gasteiger partial charge in [0.05, 0.1) is 0 Å². The maximum atomic E-state index is 13.8. The molecule has 134 valence electrons. The number of carbonyl (C=O) groups is 1. The Kier molecular flexibility index (Phi) is 4.41. The lowest BCUT2D eigenvalue weighted by Gasteiger charge is -2.53. The summed E-state index contributed by atoms with van der Waals surface area (Å²) in [4.78, 5) is 15.7. The van der Waals surface area contributed by atoms with Crippen LogP contribution in [0.25, 0.3) is 0 Å². The van der Waals surface area contributed by atoms with Crippen LogP contribution in [-0.4, -0.2) is 5.91 Å². The molecule has 0 atom stereocenters. The highest BCUT2D eigenvalue weighted by Crippen LogP contribution is 2.53. The summed E-state index contributed by atoms with van der Waals surface area (Å²) in [7, 11) is 0. The molecule has 1 aliphatic rings. The molecule has 2 heteroatoms. The number of amides is 1. The SMILES string of the molecule is CCC(C)=C1N(c2ccccc2)C(=O)C1(c1ccccc1)c1ccccc1. The Morgan fingerprint density at radius 3 is 1.67 bits per heavy atom. The fourth-order valence-corrected chi connectivity index (χ4v) is 4.05. The van der Waals surface area contributed by atoms with Crippen molar-refractivity contribution >= 4 is 11.6 Å². The molecule has 3 aromatic rings. The van der Waals surface area contributed by atoms with Gasteiger partial charge in [-0.1, -0.05) is 91.4 Å². The van der Waals surface area contributed by atoms with Crippen LogP contribution in [0.4, 0.5) is 5.69 Å². The smallest absolute Gasteiger partial charge is 0.252 e. The molecule has 0 saturated carbocycles. The lowest BCUT2D eigenvalue weighted by Crippen LogP contribution is -2.63. The van der Waals surface area contributed by atoms with Gasteiger partial charge in [0.2, 0.25) is 0 Å². The molecular weight excluding hydrogens is 330 g/mol. The summed E-state index contributed by atoms with van der Waals surface area (Å²) < 4.78 is 0. The molecule has 1 saturated heterocycles. The molecule has 1 aliphatic heterocycles. The maximum Gasteiger partial charge on any atom is 0.252 e. The largest absolute Gasteiger partial charge is 0.282 e. The topological polar surface area (TPSA) is 20.3 Å². The predicted octanol–water partition coefficient (Wildman–Crippen LogP) is 5.70. The zero-order valence-corrected chi connectivity index (χ0v) is 15.7. The van der Waals surface area contributed by atoms with Crippen LogP contribution < -0.4 is 4.90 Å². The van der Waals surface area contributed by atoms with Gasteiger partial charge >= 0.3 is 0 Å². The summed E-state index contributed by atoms with van der Waals surface area (Å²) in [5.41, 5.74) is 4.53. The zero-order chi connectivity index (χ0) is 18.9. The van der Waals surface area contributed by atoms with Crippen molar-refractivity contribution in [2.24, 2.45) is 0 Å². The van der Waals surface area contributed by atoms with Gasteiger partial charge in [-0.3, -0.25) is 9.69 Å². The van der Waals surface area contributed by atoms with E-state index in [2.05, 4.69) is 38.1 Å². The quantitative estimate of drug-likeness (QED) is 0.551. The van der Waals surface area contributed by atoms with Crippen LogP contribution in [0.3, 0.4) is 0 Å². The van der Waals surface area contributed by atoms with E-state index < -0.39 is 5.41 Å². The lowest BCUT2D eigenvalue weighted by atomic mass is 9.63. The average molecular weight is 353 g/mol. The summed E-state index contributed by atoms with van der Waals surface area (Å²) in [5, 5.41) is 0. The molecule has 2 nitrogen and oxygen atoms in total. The number of carbonyl (C=O) groups excluding carboxylic acids is 1. The molecule has 0 unspecified atom stereocenters. The maximum absolute atomic E-state index is 13.8. The first-order valence-electron chi connectivity index (χ1n) is 9.42. The van der Waals surface area contributed by atoms with Crippen LogP contribution >= 0.6 is 0 Å². The fraction of sp³-hybridized carbons (Fsp3) is 0.160. The number of β-lactam (4-membered cyclic amide) rings is 1. The molecule has 3 aromatic carbocycles. The molecule has 0 aromatic heterocycles. The number of allylic oxidation sites excluding steroid dienone is 1. The van der Waals surface area contributed by atoms with E-state index in [1.54, 1.807) is 0 Å². The van der Waals surface area contributed by atoms with Crippen molar-refractivity contribution in [3.8, 4) is 0 Å². The van der Waals surface area contributed by atoms with Crippen molar-refractivity contribution in [3.63, 3.8) is 0 Å². The van der Waals surface area contributed by atoms with Crippen LogP contribution in [-0.2, 0) is 10.2 Å². The number of hydrogen-bond donors (Lipinski definition) is 0. The molecule has 27 heavy (non-hydrogen) atoms. The van der Waals surface area contributed by atoms with Gasteiger partial charge in [-0.2, -0.15) is 0 Å². The fourth-order valence-electron chi connectivity index (χ4n) is 4.05. The van der Waals surface area contributed by atoms with Crippen LogP contribution in [0.1, 0.15) is 31.4 Å². The van der Waals surface area contributed by atoms with E-state index in [-0.39, 0.29) is 5.91 Å². The van der Waals surface area contributed by atoms with Gasteiger partial charge in [0.15, 0.2) is 0 Å². The molecule has 4 rings (SSSR count). The Balaban J connectivity index is 2.00. The van der Waals surface area contributed by atoms with Crippen molar-refractivity contribution in [2.75, 3.05) is 4.90 Å². The average Bonchev–Trinajstić information content (AvgIpc) is 2.74. The second kappa shape index (κ2) is 6.88. The van der Waals surface area contributed by atoms with Crippen molar-refractivity contribution < 1.29 is 4.79 Å². The second-order valence-corrected chi connectivity index (χ2v) is 6.94. The third kappa shape index (κ3) is 2.52. The standard InChI is InChI=1S/C25H23NO/c1-3-19(2)23-25(20-13-7-4-8-14-20,21-15-9-5-10-16-21)24(27)26(23)22-17-11-6-12-18-22/h4-18H,3H2,1-2H3. The summed E-state index contributed by atoms with van der Waals surface area (Å²) in [6.07, 6.45) is 0.896. The van der Waals surface area contributed by atoms with E-state index in [1.807, 2.05) is 71.6 Å². The second-order valence-electron chi connectivity index (χ2n) is 6.94. The summed E-state index contributed by atoms with van der Waals surface area (Å²) in [5.74, 6) is 0.105. The first-order chi connectivity index (χ1) is 13.2. The first-order valence-corrected chi connectivity index (χ1v) is 9.42. The van der Waals surface area contributed by atoms with E-state index in [0.717, 1.165) is 28.9 Å². The minimum atomic E-state index is -0.752. The monoisotopic (exact) mass is 353 g/mol. The van der Waals surface area contributed by atoms with Gasteiger partial charge in [-0.05, 0) is 36.6 Å². The minimum absolute atomic E-state index is 0.105. The van der Waals surface area contributed by atoms with Gasteiger partial charge < -0.3 is 0 Å². The summed E-state index contributed by atoms with van der Waals surface area (Å²) in [6.45, 7) is 4.29. The third-order valence-electron chi connectivity index (χ3n) is 5.47. The van der Waals surface area contributed by atoms with Crippen molar-refractivity contribution in [3.05, 3.63) is 113 Å². The van der Waals surface area contributed by atoms with Gasteiger partial charge in [0, 0.05) is 11.4 Å². The van der Waals surface area contributed by atoms with Gasteiger partial charge in [0.1, 0.15) is 5.41 Å². The Bertz CT molecular complexity index is 935. The normalized spacial score (nSPS) is 17.4. The highest BCUT2D eigenvalue weighted by molar-refractivity contribution is 6.17. The molecular formula is C25H23NO. The molecule has 1 fully saturated rings. The summed E-state index contributed by atoms with van der Waals surface area (Å²) >= 11 is 0. The molecule has 1 amide bonds. The molecule has 0 aliphatic carbocycles.